The van der Waals surface area contributed by atoms with Crippen LogP contribution in [0, 0.1) is 0 Å². The number of nitrogens with one attached hydrogen (secondary N) is 3. The number of amides is 1. The molecule has 1 aromatic heterocycles. The fourth-order valence-electron chi connectivity index (χ4n) is 2.68. The van der Waals surface area contributed by atoms with Crippen molar-refractivity contribution in [2.45, 2.75) is 25.3 Å². The molecule has 100 valence electrons. The number of para-hydroxylation sites is 1. The molecule has 2 aromatic rings. The van der Waals surface area contributed by atoms with Crippen LogP contribution in [0.25, 0.3) is 10.9 Å². The number of hydrogen-bond acceptors (Lipinski definition) is 2. The highest BCUT2D eigenvalue weighted by Gasteiger charge is 2.15. The zero-order valence-corrected chi connectivity index (χ0v) is 10.9. The highest BCUT2D eigenvalue weighted by atomic mass is 16.1. The molecular weight excluding hydrogens is 238 g/mol. The summed E-state index contributed by atoms with van der Waals surface area (Å²) in [6, 6.07) is 8.52. The van der Waals surface area contributed by atoms with Crippen molar-refractivity contribution in [3.63, 3.8) is 0 Å². The summed E-state index contributed by atoms with van der Waals surface area (Å²) in [5, 5.41) is 7.53. The molecule has 0 aliphatic carbocycles. The average molecular weight is 257 g/mol. The number of hydrogen-bond donors (Lipinski definition) is 3. The van der Waals surface area contributed by atoms with Gasteiger partial charge in [0.05, 0.1) is 6.42 Å². The van der Waals surface area contributed by atoms with Gasteiger partial charge in [-0.2, -0.15) is 0 Å². The maximum absolute atomic E-state index is 12.0. The van der Waals surface area contributed by atoms with Gasteiger partial charge in [-0.05, 0) is 31.0 Å². The lowest BCUT2D eigenvalue weighted by Gasteiger charge is -2.11. The van der Waals surface area contributed by atoms with Crippen LogP contribution < -0.4 is 10.6 Å². The standard InChI is InChI=1S/C15H19N3O/c19-15(18-10-12-4-3-7-16-12)8-11-9-17-14-6-2-1-5-13(11)14/h1-2,5-6,9,12,16-17H,3-4,7-8,10H2,(H,18,19). The largest absolute Gasteiger partial charge is 0.361 e. The molecule has 0 bridgehead atoms. The SMILES string of the molecule is O=C(Cc1c[nH]c2ccccc12)NCC1CCCN1. The van der Waals surface area contributed by atoms with Gasteiger partial charge in [0.25, 0.3) is 0 Å². The monoisotopic (exact) mass is 257 g/mol. The summed E-state index contributed by atoms with van der Waals surface area (Å²) < 4.78 is 0. The van der Waals surface area contributed by atoms with E-state index in [1.807, 2.05) is 30.5 Å². The Balaban J connectivity index is 1.59. The fourth-order valence-corrected chi connectivity index (χ4v) is 2.68. The molecule has 2 heterocycles. The number of carbonyl (C=O) groups excluding carboxylic acids is 1. The first-order chi connectivity index (χ1) is 9.33. The minimum atomic E-state index is 0.0958. The zero-order valence-electron chi connectivity index (χ0n) is 10.9. The summed E-state index contributed by atoms with van der Waals surface area (Å²) in [6.07, 6.45) is 4.74. The molecule has 0 radical (unpaired) electrons. The van der Waals surface area contributed by atoms with Crippen molar-refractivity contribution in [1.82, 2.24) is 15.6 Å². The van der Waals surface area contributed by atoms with Crippen LogP contribution in [0.3, 0.4) is 0 Å². The number of aromatic nitrogens is 1. The third-order valence-electron chi connectivity index (χ3n) is 3.73. The molecule has 1 fully saturated rings. The predicted octanol–water partition coefficient (Wildman–Crippen LogP) is 1.58. The van der Waals surface area contributed by atoms with E-state index < -0.39 is 0 Å². The van der Waals surface area contributed by atoms with Crippen molar-refractivity contribution in [2.24, 2.45) is 0 Å². The molecule has 0 spiro atoms. The molecule has 1 saturated heterocycles. The molecule has 1 amide bonds. The third kappa shape index (κ3) is 2.79. The minimum absolute atomic E-state index is 0.0958. The minimum Gasteiger partial charge on any atom is -0.361 e. The lowest BCUT2D eigenvalue weighted by molar-refractivity contribution is -0.120. The van der Waals surface area contributed by atoms with Crippen molar-refractivity contribution in [3.8, 4) is 0 Å². The van der Waals surface area contributed by atoms with Crippen molar-refractivity contribution in [2.75, 3.05) is 13.1 Å². The second kappa shape index (κ2) is 5.45. The average Bonchev–Trinajstić information content (AvgIpc) is 3.07. The van der Waals surface area contributed by atoms with Gasteiger partial charge in [-0.15, -0.1) is 0 Å². The van der Waals surface area contributed by atoms with Gasteiger partial charge in [0.2, 0.25) is 5.91 Å². The van der Waals surface area contributed by atoms with Crippen LogP contribution in [0.5, 0.6) is 0 Å². The maximum Gasteiger partial charge on any atom is 0.224 e. The molecule has 4 nitrogen and oxygen atoms in total. The first-order valence-electron chi connectivity index (χ1n) is 6.88. The Labute approximate surface area is 112 Å². The van der Waals surface area contributed by atoms with Crippen LogP contribution in [-0.4, -0.2) is 30.0 Å². The summed E-state index contributed by atoms with van der Waals surface area (Å²) in [6.45, 7) is 1.81. The van der Waals surface area contributed by atoms with E-state index in [0.717, 1.165) is 36.0 Å². The van der Waals surface area contributed by atoms with Crippen LogP contribution in [0.4, 0.5) is 0 Å². The number of H-pyrrole nitrogens is 1. The molecule has 0 saturated carbocycles. The van der Waals surface area contributed by atoms with Gasteiger partial charge in [-0.3, -0.25) is 4.79 Å². The van der Waals surface area contributed by atoms with Gasteiger partial charge < -0.3 is 15.6 Å². The lowest BCUT2D eigenvalue weighted by atomic mass is 10.1. The van der Waals surface area contributed by atoms with E-state index >= 15 is 0 Å². The molecule has 1 atom stereocenters. The van der Waals surface area contributed by atoms with Gasteiger partial charge in [0.15, 0.2) is 0 Å². The number of rotatable bonds is 4. The molecule has 3 N–H and O–H groups in total. The lowest BCUT2D eigenvalue weighted by Crippen LogP contribution is -2.37. The number of fused-ring (bicyclic) bond motifs is 1. The van der Waals surface area contributed by atoms with E-state index in [4.69, 9.17) is 0 Å². The smallest absolute Gasteiger partial charge is 0.224 e. The summed E-state index contributed by atoms with van der Waals surface area (Å²) in [4.78, 5) is 15.2. The number of carbonyl (C=O) groups is 1. The number of aromatic amines is 1. The Bertz CT molecular complexity index is 570. The van der Waals surface area contributed by atoms with Crippen molar-refractivity contribution >= 4 is 16.8 Å². The van der Waals surface area contributed by atoms with E-state index in [2.05, 4.69) is 15.6 Å². The van der Waals surface area contributed by atoms with Crippen molar-refractivity contribution in [3.05, 3.63) is 36.0 Å². The van der Waals surface area contributed by atoms with E-state index in [1.54, 1.807) is 0 Å². The van der Waals surface area contributed by atoms with E-state index in [0.29, 0.717) is 12.5 Å². The molecule has 3 rings (SSSR count). The predicted molar refractivity (Wildman–Crippen MR) is 76.0 cm³/mol. The topological polar surface area (TPSA) is 56.9 Å². The summed E-state index contributed by atoms with van der Waals surface area (Å²) in [5.74, 6) is 0.0958. The van der Waals surface area contributed by atoms with Crippen LogP contribution in [0.15, 0.2) is 30.5 Å². The van der Waals surface area contributed by atoms with Crippen LogP contribution in [-0.2, 0) is 11.2 Å². The van der Waals surface area contributed by atoms with Crippen molar-refractivity contribution < 1.29 is 4.79 Å². The highest BCUT2D eigenvalue weighted by Crippen LogP contribution is 2.17. The fraction of sp³-hybridized carbons (Fsp3) is 0.400. The Morgan fingerprint density at radius 3 is 3.11 bits per heavy atom. The van der Waals surface area contributed by atoms with E-state index in [9.17, 15) is 4.79 Å². The van der Waals surface area contributed by atoms with Crippen LogP contribution in [0.2, 0.25) is 0 Å². The number of benzene rings is 1. The van der Waals surface area contributed by atoms with Crippen LogP contribution >= 0.6 is 0 Å². The van der Waals surface area contributed by atoms with Gasteiger partial charge in [0, 0.05) is 29.7 Å². The quantitative estimate of drug-likeness (QED) is 0.779. The zero-order chi connectivity index (χ0) is 13.1. The summed E-state index contributed by atoms with van der Waals surface area (Å²) in [5.41, 5.74) is 2.15. The Morgan fingerprint density at radius 1 is 1.37 bits per heavy atom. The molecule has 1 aliphatic heterocycles. The molecule has 19 heavy (non-hydrogen) atoms. The molecule has 1 aromatic carbocycles. The molecule has 1 aliphatic rings. The molecule has 1 unspecified atom stereocenters. The first-order valence-corrected chi connectivity index (χ1v) is 6.88. The van der Waals surface area contributed by atoms with Gasteiger partial charge in [-0.25, -0.2) is 0 Å². The highest BCUT2D eigenvalue weighted by molar-refractivity contribution is 5.88. The van der Waals surface area contributed by atoms with Crippen LogP contribution in [0.1, 0.15) is 18.4 Å². The van der Waals surface area contributed by atoms with Gasteiger partial charge >= 0.3 is 0 Å². The van der Waals surface area contributed by atoms with E-state index in [1.165, 1.54) is 6.42 Å². The van der Waals surface area contributed by atoms with Gasteiger partial charge in [0.1, 0.15) is 0 Å². The first kappa shape index (κ1) is 12.2. The van der Waals surface area contributed by atoms with Crippen molar-refractivity contribution in [1.29, 1.82) is 0 Å². The Morgan fingerprint density at radius 2 is 2.26 bits per heavy atom. The Hall–Kier alpha value is -1.81. The second-order valence-electron chi connectivity index (χ2n) is 5.13. The van der Waals surface area contributed by atoms with E-state index in [-0.39, 0.29) is 5.91 Å². The summed E-state index contributed by atoms with van der Waals surface area (Å²) in [7, 11) is 0. The second-order valence-corrected chi connectivity index (χ2v) is 5.13. The maximum atomic E-state index is 12.0. The normalized spacial score (nSPS) is 18.8. The third-order valence-corrected chi connectivity index (χ3v) is 3.73. The summed E-state index contributed by atoms with van der Waals surface area (Å²) >= 11 is 0. The molecular formula is C15H19N3O. The molecule has 4 heteroatoms. The van der Waals surface area contributed by atoms with Gasteiger partial charge in [-0.1, -0.05) is 18.2 Å². The Kier molecular flexibility index (Phi) is 3.51.